The van der Waals surface area contributed by atoms with Gasteiger partial charge in [-0.3, -0.25) is 10.1 Å². The molecular formula is C8H16N2O2. The Labute approximate surface area is 72.7 Å². The SMILES string of the molecule is CCC(=O)C1OCCNC1NC. The second kappa shape index (κ2) is 4.54. The van der Waals surface area contributed by atoms with Crippen LogP contribution in [0.25, 0.3) is 0 Å². The van der Waals surface area contributed by atoms with Crippen molar-refractivity contribution in [2.45, 2.75) is 25.6 Å². The van der Waals surface area contributed by atoms with Crippen molar-refractivity contribution in [1.29, 1.82) is 0 Å². The second-order valence-corrected chi connectivity index (χ2v) is 2.83. The van der Waals surface area contributed by atoms with E-state index in [1.165, 1.54) is 0 Å². The smallest absolute Gasteiger partial charge is 0.164 e. The third kappa shape index (κ3) is 2.03. The molecule has 1 fully saturated rings. The van der Waals surface area contributed by atoms with Gasteiger partial charge < -0.3 is 10.1 Å². The third-order valence-electron chi connectivity index (χ3n) is 2.04. The first-order valence-corrected chi connectivity index (χ1v) is 4.34. The van der Waals surface area contributed by atoms with Gasteiger partial charge in [-0.05, 0) is 7.05 Å². The maximum Gasteiger partial charge on any atom is 0.164 e. The molecule has 2 atom stereocenters. The lowest BCUT2D eigenvalue weighted by Gasteiger charge is -2.31. The maximum absolute atomic E-state index is 11.3. The Kier molecular flexibility index (Phi) is 3.65. The van der Waals surface area contributed by atoms with Crippen LogP contribution in [0.1, 0.15) is 13.3 Å². The number of ether oxygens (including phenoxy) is 1. The molecule has 1 aliphatic heterocycles. The molecule has 0 radical (unpaired) electrons. The zero-order chi connectivity index (χ0) is 8.97. The van der Waals surface area contributed by atoms with Crippen molar-refractivity contribution in [1.82, 2.24) is 10.6 Å². The van der Waals surface area contributed by atoms with Crippen molar-refractivity contribution in [3.05, 3.63) is 0 Å². The first kappa shape index (κ1) is 9.64. The fraction of sp³-hybridized carbons (Fsp3) is 0.875. The molecule has 0 aliphatic carbocycles. The van der Waals surface area contributed by atoms with Crippen molar-refractivity contribution >= 4 is 5.78 Å². The molecule has 0 saturated carbocycles. The molecule has 1 saturated heterocycles. The van der Waals surface area contributed by atoms with E-state index < -0.39 is 0 Å². The highest BCUT2D eigenvalue weighted by atomic mass is 16.5. The summed E-state index contributed by atoms with van der Waals surface area (Å²) in [5, 5.41) is 6.19. The van der Waals surface area contributed by atoms with Gasteiger partial charge in [-0.15, -0.1) is 0 Å². The Balaban J connectivity index is 2.52. The van der Waals surface area contributed by atoms with Crippen LogP contribution in [0.15, 0.2) is 0 Å². The molecule has 4 nitrogen and oxygen atoms in total. The number of carbonyl (C=O) groups is 1. The van der Waals surface area contributed by atoms with Gasteiger partial charge in [-0.1, -0.05) is 6.92 Å². The molecule has 0 aromatic rings. The topological polar surface area (TPSA) is 50.4 Å². The zero-order valence-corrected chi connectivity index (χ0v) is 7.59. The minimum Gasteiger partial charge on any atom is -0.366 e. The predicted octanol–water partition coefficient (Wildman–Crippen LogP) is -0.501. The number of carbonyl (C=O) groups excluding carboxylic acids is 1. The van der Waals surface area contributed by atoms with Crippen molar-refractivity contribution in [3.63, 3.8) is 0 Å². The molecular weight excluding hydrogens is 156 g/mol. The van der Waals surface area contributed by atoms with Gasteiger partial charge in [-0.2, -0.15) is 0 Å². The largest absolute Gasteiger partial charge is 0.366 e. The number of Topliss-reactive ketones (excluding diaryl/α,β-unsaturated/α-hetero) is 1. The van der Waals surface area contributed by atoms with Crippen LogP contribution >= 0.6 is 0 Å². The van der Waals surface area contributed by atoms with E-state index in [1.807, 2.05) is 14.0 Å². The molecule has 1 rings (SSSR count). The van der Waals surface area contributed by atoms with E-state index >= 15 is 0 Å². The van der Waals surface area contributed by atoms with Crippen LogP contribution in [-0.2, 0) is 9.53 Å². The monoisotopic (exact) mass is 172 g/mol. The lowest BCUT2D eigenvalue weighted by molar-refractivity contribution is -0.135. The fourth-order valence-corrected chi connectivity index (χ4v) is 1.34. The molecule has 1 aliphatic rings. The Bertz CT molecular complexity index is 161. The van der Waals surface area contributed by atoms with E-state index in [2.05, 4.69) is 10.6 Å². The number of hydrogen-bond donors (Lipinski definition) is 2. The molecule has 4 heteroatoms. The Morgan fingerprint density at radius 2 is 2.50 bits per heavy atom. The summed E-state index contributed by atoms with van der Waals surface area (Å²) in [4.78, 5) is 11.3. The summed E-state index contributed by atoms with van der Waals surface area (Å²) in [5.41, 5.74) is 0. The average Bonchev–Trinajstić information content (AvgIpc) is 2.16. The second-order valence-electron chi connectivity index (χ2n) is 2.83. The van der Waals surface area contributed by atoms with Gasteiger partial charge in [0.2, 0.25) is 0 Å². The van der Waals surface area contributed by atoms with Crippen molar-refractivity contribution in [2.24, 2.45) is 0 Å². The lowest BCUT2D eigenvalue weighted by atomic mass is 10.1. The van der Waals surface area contributed by atoms with Crippen LogP contribution in [0.4, 0.5) is 0 Å². The third-order valence-corrected chi connectivity index (χ3v) is 2.04. The molecule has 0 aromatic carbocycles. The first-order chi connectivity index (χ1) is 5.79. The van der Waals surface area contributed by atoms with Gasteiger partial charge in [0, 0.05) is 13.0 Å². The van der Waals surface area contributed by atoms with E-state index in [4.69, 9.17) is 4.74 Å². The normalized spacial score (nSPS) is 30.2. The Morgan fingerprint density at radius 1 is 1.75 bits per heavy atom. The van der Waals surface area contributed by atoms with Gasteiger partial charge in [0.15, 0.2) is 5.78 Å². The summed E-state index contributed by atoms with van der Waals surface area (Å²) in [7, 11) is 1.82. The first-order valence-electron chi connectivity index (χ1n) is 4.34. The number of likely N-dealkylation sites (N-methyl/N-ethyl adjacent to an activating group) is 1. The summed E-state index contributed by atoms with van der Waals surface area (Å²) < 4.78 is 5.36. The summed E-state index contributed by atoms with van der Waals surface area (Å²) in [6.45, 7) is 3.28. The van der Waals surface area contributed by atoms with Crippen LogP contribution in [0, 0.1) is 0 Å². The van der Waals surface area contributed by atoms with Crippen LogP contribution in [0.3, 0.4) is 0 Å². The average molecular weight is 172 g/mol. The van der Waals surface area contributed by atoms with Crippen LogP contribution in [0.2, 0.25) is 0 Å². The number of rotatable bonds is 3. The highest BCUT2D eigenvalue weighted by Crippen LogP contribution is 2.05. The highest BCUT2D eigenvalue weighted by molar-refractivity contribution is 5.83. The molecule has 2 N–H and O–H groups in total. The molecule has 0 bridgehead atoms. The van der Waals surface area contributed by atoms with Crippen LogP contribution in [0.5, 0.6) is 0 Å². The van der Waals surface area contributed by atoms with Gasteiger partial charge in [0.25, 0.3) is 0 Å². The number of nitrogens with one attached hydrogen (secondary N) is 2. The Morgan fingerprint density at radius 3 is 3.08 bits per heavy atom. The van der Waals surface area contributed by atoms with Crippen LogP contribution in [-0.4, -0.2) is 38.3 Å². The standard InChI is InChI=1S/C8H16N2O2/c1-3-6(11)7-8(9-2)10-4-5-12-7/h7-10H,3-5H2,1-2H3. The van der Waals surface area contributed by atoms with E-state index in [-0.39, 0.29) is 18.1 Å². The minimum absolute atomic E-state index is 0.0220. The molecule has 0 spiro atoms. The lowest BCUT2D eigenvalue weighted by Crippen LogP contribution is -2.57. The maximum atomic E-state index is 11.3. The van der Waals surface area contributed by atoms with E-state index in [1.54, 1.807) is 0 Å². The Hall–Kier alpha value is -0.450. The van der Waals surface area contributed by atoms with Gasteiger partial charge >= 0.3 is 0 Å². The molecule has 12 heavy (non-hydrogen) atoms. The predicted molar refractivity (Wildman–Crippen MR) is 45.9 cm³/mol. The van der Waals surface area contributed by atoms with Crippen LogP contribution < -0.4 is 10.6 Å². The molecule has 2 unspecified atom stereocenters. The van der Waals surface area contributed by atoms with E-state index in [9.17, 15) is 4.79 Å². The molecule has 70 valence electrons. The van der Waals surface area contributed by atoms with E-state index in [0.29, 0.717) is 13.0 Å². The molecule has 1 heterocycles. The summed E-state index contributed by atoms with van der Waals surface area (Å²) in [6.07, 6.45) is 0.199. The highest BCUT2D eigenvalue weighted by Gasteiger charge is 2.28. The summed E-state index contributed by atoms with van der Waals surface area (Å²) >= 11 is 0. The van der Waals surface area contributed by atoms with Crippen molar-refractivity contribution in [3.8, 4) is 0 Å². The number of ketones is 1. The molecule has 0 aromatic heterocycles. The van der Waals surface area contributed by atoms with Gasteiger partial charge in [0.05, 0.1) is 12.8 Å². The van der Waals surface area contributed by atoms with Gasteiger partial charge in [0.1, 0.15) is 6.10 Å². The quantitative estimate of drug-likeness (QED) is 0.602. The minimum atomic E-state index is -0.311. The molecule has 0 amide bonds. The van der Waals surface area contributed by atoms with E-state index in [0.717, 1.165) is 6.54 Å². The summed E-state index contributed by atoms with van der Waals surface area (Å²) in [6, 6.07) is 0. The number of hydrogen-bond acceptors (Lipinski definition) is 4. The summed E-state index contributed by atoms with van der Waals surface area (Å²) in [5.74, 6) is 0.154. The zero-order valence-electron chi connectivity index (χ0n) is 7.59. The number of morpholine rings is 1. The van der Waals surface area contributed by atoms with Gasteiger partial charge in [-0.25, -0.2) is 0 Å². The van der Waals surface area contributed by atoms with Crippen molar-refractivity contribution < 1.29 is 9.53 Å². The fourth-order valence-electron chi connectivity index (χ4n) is 1.34. The van der Waals surface area contributed by atoms with Crippen molar-refractivity contribution in [2.75, 3.05) is 20.2 Å².